The number of halogens is 1. The summed E-state index contributed by atoms with van der Waals surface area (Å²) in [6.07, 6.45) is 5.09. The molecule has 0 spiro atoms. The number of carbonyl (C=O) groups excluding carboxylic acids is 1. The Morgan fingerprint density at radius 2 is 1.71 bits per heavy atom. The topological polar surface area (TPSA) is 38.3 Å². The van der Waals surface area contributed by atoms with Crippen LogP contribution < -0.4 is 10.1 Å². The number of hydrogen-bond donors (Lipinski definition) is 1. The maximum Gasteiger partial charge on any atom is 0.228 e. The first-order chi connectivity index (χ1) is 11.7. The highest BCUT2D eigenvalue weighted by Gasteiger charge is 2.04. The number of carbonyl (C=O) groups is 1. The number of anilines is 1. The van der Waals surface area contributed by atoms with Gasteiger partial charge in [-0.3, -0.25) is 4.79 Å². The lowest BCUT2D eigenvalue weighted by Crippen LogP contribution is -2.14. The maximum atomic E-state index is 12.0. The predicted octanol–water partition coefficient (Wildman–Crippen LogP) is 5.48. The largest absolute Gasteiger partial charge is 0.494 e. The van der Waals surface area contributed by atoms with E-state index in [-0.39, 0.29) is 5.91 Å². The molecule has 0 aromatic heterocycles. The fraction of sp³-hybridized carbons (Fsp3) is 0.350. The third-order valence-electron chi connectivity index (χ3n) is 3.68. The second kappa shape index (κ2) is 9.99. The van der Waals surface area contributed by atoms with Crippen LogP contribution in [0.5, 0.6) is 5.75 Å². The van der Waals surface area contributed by atoms with E-state index in [2.05, 4.69) is 12.2 Å². The first kappa shape index (κ1) is 18.3. The standard InChI is InChI=1S/C20H24ClNO2/c1-2-3-4-5-14-24-19-12-10-18(11-13-19)22-20(23)15-16-6-8-17(21)9-7-16/h6-13H,2-5,14-15H2,1H3,(H,22,23). The maximum absolute atomic E-state index is 12.0. The van der Waals surface area contributed by atoms with Crippen LogP contribution in [-0.2, 0) is 11.2 Å². The number of hydrogen-bond acceptors (Lipinski definition) is 2. The van der Waals surface area contributed by atoms with Gasteiger partial charge in [-0.05, 0) is 48.4 Å². The van der Waals surface area contributed by atoms with Crippen LogP contribution in [0, 0.1) is 0 Å². The highest BCUT2D eigenvalue weighted by Crippen LogP contribution is 2.17. The van der Waals surface area contributed by atoms with Crippen LogP contribution in [0.3, 0.4) is 0 Å². The Hall–Kier alpha value is -2.00. The van der Waals surface area contributed by atoms with Gasteiger partial charge in [-0.15, -0.1) is 0 Å². The van der Waals surface area contributed by atoms with Crippen molar-refractivity contribution < 1.29 is 9.53 Å². The summed E-state index contributed by atoms with van der Waals surface area (Å²) in [5.74, 6) is 0.785. The van der Waals surface area contributed by atoms with Crippen LogP contribution in [-0.4, -0.2) is 12.5 Å². The Morgan fingerprint density at radius 1 is 1.00 bits per heavy atom. The molecule has 0 aliphatic carbocycles. The molecule has 2 aromatic rings. The van der Waals surface area contributed by atoms with E-state index in [1.165, 1.54) is 19.3 Å². The highest BCUT2D eigenvalue weighted by atomic mass is 35.5. The second-order valence-electron chi connectivity index (χ2n) is 5.78. The summed E-state index contributed by atoms with van der Waals surface area (Å²) in [4.78, 5) is 12.0. The molecule has 24 heavy (non-hydrogen) atoms. The van der Waals surface area contributed by atoms with Crippen molar-refractivity contribution in [1.82, 2.24) is 0 Å². The number of ether oxygens (including phenoxy) is 1. The molecule has 1 N–H and O–H groups in total. The van der Waals surface area contributed by atoms with Crippen LogP contribution >= 0.6 is 11.6 Å². The minimum absolute atomic E-state index is 0.0504. The first-order valence-corrected chi connectivity index (χ1v) is 8.82. The van der Waals surface area contributed by atoms with E-state index < -0.39 is 0 Å². The quantitative estimate of drug-likeness (QED) is 0.611. The highest BCUT2D eigenvalue weighted by molar-refractivity contribution is 6.30. The number of amides is 1. The van der Waals surface area contributed by atoms with Crippen molar-refractivity contribution in [2.45, 2.75) is 39.0 Å². The zero-order chi connectivity index (χ0) is 17.2. The molecule has 2 aromatic carbocycles. The predicted molar refractivity (Wildman–Crippen MR) is 99.9 cm³/mol. The van der Waals surface area contributed by atoms with Gasteiger partial charge in [0.1, 0.15) is 5.75 Å². The fourth-order valence-electron chi connectivity index (χ4n) is 2.35. The molecule has 128 valence electrons. The molecule has 4 heteroatoms. The van der Waals surface area contributed by atoms with E-state index in [4.69, 9.17) is 16.3 Å². The monoisotopic (exact) mass is 345 g/mol. The second-order valence-corrected chi connectivity index (χ2v) is 6.22. The van der Waals surface area contributed by atoms with Gasteiger partial charge in [0.25, 0.3) is 0 Å². The summed E-state index contributed by atoms with van der Waals surface area (Å²) in [5, 5.41) is 3.56. The van der Waals surface area contributed by atoms with E-state index in [0.717, 1.165) is 30.0 Å². The summed E-state index contributed by atoms with van der Waals surface area (Å²) in [7, 11) is 0. The molecule has 1 amide bonds. The van der Waals surface area contributed by atoms with Crippen LogP contribution in [0.15, 0.2) is 48.5 Å². The average Bonchev–Trinajstić information content (AvgIpc) is 2.58. The molecule has 0 aliphatic heterocycles. The van der Waals surface area contributed by atoms with Crippen molar-refractivity contribution >= 4 is 23.2 Å². The third kappa shape index (κ3) is 6.63. The van der Waals surface area contributed by atoms with Gasteiger partial charge >= 0.3 is 0 Å². The molecule has 0 fully saturated rings. The Balaban J connectivity index is 1.76. The lowest BCUT2D eigenvalue weighted by Gasteiger charge is -2.08. The van der Waals surface area contributed by atoms with Crippen molar-refractivity contribution in [3.05, 3.63) is 59.1 Å². The summed E-state index contributed by atoms with van der Waals surface area (Å²) < 4.78 is 5.69. The molecule has 0 aliphatic rings. The van der Waals surface area contributed by atoms with Crippen LogP contribution in [0.25, 0.3) is 0 Å². The van der Waals surface area contributed by atoms with Crippen LogP contribution in [0.1, 0.15) is 38.2 Å². The average molecular weight is 346 g/mol. The molecular formula is C20H24ClNO2. The van der Waals surface area contributed by atoms with Gasteiger partial charge in [-0.2, -0.15) is 0 Å². The van der Waals surface area contributed by atoms with Gasteiger partial charge in [0.05, 0.1) is 13.0 Å². The molecule has 0 radical (unpaired) electrons. The van der Waals surface area contributed by atoms with Gasteiger partial charge in [0, 0.05) is 10.7 Å². The third-order valence-corrected chi connectivity index (χ3v) is 3.93. The Morgan fingerprint density at radius 3 is 2.38 bits per heavy atom. The van der Waals surface area contributed by atoms with Gasteiger partial charge in [0.15, 0.2) is 0 Å². The molecule has 0 saturated carbocycles. The zero-order valence-corrected chi connectivity index (χ0v) is 14.8. The number of rotatable bonds is 9. The molecule has 0 atom stereocenters. The van der Waals surface area contributed by atoms with Gasteiger partial charge in [0.2, 0.25) is 5.91 Å². The van der Waals surface area contributed by atoms with E-state index in [1.54, 1.807) is 12.1 Å². The smallest absolute Gasteiger partial charge is 0.228 e. The molecular weight excluding hydrogens is 322 g/mol. The normalized spacial score (nSPS) is 10.4. The number of unbranched alkanes of at least 4 members (excludes halogenated alkanes) is 3. The van der Waals surface area contributed by atoms with Crippen LogP contribution in [0.4, 0.5) is 5.69 Å². The Labute approximate surface area is 149 Å². The first-order valence-electron chi connectivity index (χ1n) is 8.44. The van der Waals surface area contributed by atoms with Crippen molar-refractivity contribution in [2.24, 2.45) is 0 Å². The summed E-state index contributed by atoms with van der Waals surface area (Å²) in [5.41, 5.74) is 1.70. The Bertz CT molecular complexity index is 623. The van der Waals surface area contributed by atoms with Gasteiger partial charge in [-0.25, -0.2) is 0 Å². The molecule has 0 heterocycles. The van der Waals surface area contributed by atoms with Crippen LogP contribution in [0.2, 0.25) is 5.02 Å². The summed E-state index contributed by atoms with van der Waals surface area (Å²) in [6.45, 7) is 2.93. The van der Waals surface area contributed by atoms with Crippen molar-refractivity contribution in [1.29, 1.82) is 0 Å². The molecule has 2 rings (SSSR count). The minimum Gasteiger partial charge on any atom is -0.494 e. The summed E-state index contributed by atoms with van der Waals surface area (Å²) in [6, 6.07) is 14.8. The van der Waals surface area contributed by atoms with E-state index >= 15 is 0 Å². The molecule has 0 bridgehead atoms. The number of benzene rings is 2. The molecule has 0 unspecified atom stereocenters. The van der Waals surface area contributed by atoms with Crippen molar-refractivity contribution in [2.75, 3.05) is 11.9 Å². The van der Waals surface area contributed by atoms with E-state index in [9.17, 15) is 4.79 Å². The Kier molecular flexibility index (Phi) is 7.63. The molecule has 0 saturated heterocycles. The van der Waals surface area contributed by atoms with E-state index in [0.29, 0.717) is 11.4 Å². The molecule has 3 nitrogen and oxygen atoms in total. The van der Waals surface area contributed by atoms with E-state index in [1.807, 2.05) is 36.4 Å². The lowest BCUT2D eigenvalue weighted by atomic mass is 10.1. The minimum atomic E-state index is -0.0504. The van der Waals surface area contributed by atoms with Gasteiger partial charge < -0.3 is 10.1 Å². The fourth-order valence-corrected chi connectivity index (χ4v) is 2.47. The summed E-state index contributed by atoms with van der Waals surface area (Å²) >= 11 is 5.84. The lowest BCUT2D eigenvalue weighted by molar-refractivity contribution is -0.115. The number of nitrogens with one attached hydrogen (secondary N) is 1. The van der Waals surface area contributed by atoms with Gasteiger partial charge in [-0.1, -0.05) is 49.9 Å². The van der Waals surface area contributed by atoms with Crippen molar-refractivity contribution in [3.63, 3.8) is 0 Å². The van der Waals surface area contributed by atoms with Crippen molar-refractivity contribution in [3.8, 4) is 5.75 Å². The zero-order valence-electron chi connectivity index (χ0n) is 14.1. The SMILES string of the molecule is CCCCCCOc1ccc(NC(=O)Cc2ccc(Cl)cc2)cc1.